The van der Waals surface area contributed by atoms with Crippen molar-refractivity contribution in [3.63, 3.8) is 0 Å². The summed E-state index contributed by atoms with van der Waals surface area (Å²) in [7, 11) is 0. The summed E-state index contributed by atoms with van der Waals surface area (Å²) in [4.78, 5) is 0. The van der Waals surface area contributed by atoms with Gasteiger partial charge in [-0.05, 0) is 25.9 Å². The summed E-state index contributed by atoms with van der Waals surface area (Å²) in [5, 5.41) is 6.81. The molecule has 1 unspecified atom stereocenters. The normalized spacial score (nSPS) is 45.0. The van der Waals surface area contributed by atoms with Crippen molar-refractivity contribution in [2.75, 3.05) is 19.6 Å². The smallest absolute Gasteiger partial charge is 0.0330 e. The molecule has 2 saturated heterocycles. The molecule has 2 nitrogen and oxygen atoms in total. The fourth-order valence-corrected chi connectivity index (χ4v) is 1.59. The molecule has 2 aliphatic rings. The Balaban J connectivity index is 2.01. The van der Waals surface area contributed by atoms with Gasteiger partial charge >= 0.3 is 0 Å². The first-order chi connectivity index (χ1) is 3.91. The Hall–Kier alpha value is -0.0800. The van der Waals surface area contributed by atoms with Crippen LogP contribution >= 0.6 is 0 Å². The molecule has 0 bridgehead atoms. The van der Waals surface area contributed by atoms with Crippen LogP contribution in [0.4, 0.5) is 0 Å². The van der Waals surface area contributed by atoms with Crippen molar-refractivity contribution in [2.24, 2.45) is 0 Å². The van der Waals surface area contributed by atoms with Crippen LogP contribution in [0.5, 0.6) is 0 Å². The van der Waals surface area contributed by atoms with Gasteiger partial charge in [0, 0.05) is 12.1 Å². The fourth-order valence-electron chi connectivity index (χ4n) is 1.59. The molecule has 2 N–H and O–H groups in total. The van der Waals surface area contributed by atoms with Crippen molar-refractivity contribution in [3.8, 4) is 0 Å². The summed E-state index contributed by atoms with van der Waals surface area (Å²) in [6, 6.07) is 0. The predicted octanol–water partition coefficient (Wildman–Crippen LogP) is -0.288. The number of rotatable bonds is 0. The van der Waals surface area contributed by atoms with Gasteiger partial charge in [-0.15, -0.1) is 0 Å². The van der Waals surface area contributed by atoms with Crippen LogP contribution in [0.1, 0.15) is 12.8 Å². The van der Waals surface area contributed by atoms with E-state index in [0.29, 0.717) is 5.54 Å². The van der Waals surface area contributed by atoms with Crippen molar-refractivity contribution in [2.45, 2.75) is 18.4 Å². The third-order valence-corrected chi connectivity index (χ3v) is 2.35. The topological polar surface area (TPSA) is 24.1 Å². The Bertz CT molecular complexity index is 88.7. The Labute approximate surface area is 49.7 Å². The first-order valence-electron chi connectivity index (χ1n) is 3.37. The van der Waals surface area contributed by atoms with Gasteiger partial charge in [-0.2, -0.15) is 0 Å². The highest BCUT2D eigenvalue weighted by molar-refractivity contribution is 5.02. The summed E-state index contributed by atoms with van der Waals surface area (Å²) in [5.41, 5.74) is 0.556. The first kappa shape index (κ1) is 4.77. The van der Waals surface area contributed by atoms with Gasteiger partial charge in [0.2, 0.25) is 0 Å². The average Bonchev–Trinajstić information content (AvgIpc) is 2.07. The lowest BCUT2D eigenvalue weighted by Crippen LogP contribution is -2.58. The molecule has 0 radical (unpaired) electrons. The van der Waals surface area contributed by atoms with Crippen molar-refractivity contribution in [3.05, 3.63) is 0 Å². The quantitative estimate of drug-likeness (QED) is 0.450. The van der Waals surface area contributed by atoms with Gasteiger partial charge in [0.15, 0.2) is 0 Å². The zero-order valence-corrected chi connectivity index (χ0v) is 5.04. The van der Waals surface area contributed by atoms with Crippen LogP contribution in [0.25, 0.3) is 0 Å². The molecule has 2 fully saturated rings. The zero-order chi connectivity index (χ0) is 5.45. The molecule has 46 valence electrons. The highest BCUT2D eigenvalue weighted by Gasteiger charge is 2.38. The molecule has 1 atom stereocenters. The minimum Gasteiger partial charge on any atom is -0.315 e. The van der Waals surface area contributed by atoms with Crippen molar-refractivity contribution >= 4 is 0 Å². The van der Waals surface area contributed by atoms with E-state index in [0.717, 1.165) is 0 Å². The van der Waals surface area contributed by atoms with E-state index >= 15 is 0 Å². The van der Waals surface area contributed by atoms with Gasteiger partial charge in [-0.3, -0.25) is 0 Å². The lowest BCUT2D eigenvalue weighted by atomic mass is 9.87. The van der Waals surface area contributed by atoms with Crippen LogP contribution in [0.3, 0.4) is 0 Å². The van der Waals surface area contributed by atoms with Crippen LogP contribution in [0.15, 0.2) is 0 Å². The molecule has 0 amide bonds. The highest BCUT2D eigenvalue weighted by Crippen LogP contribution is 2.24. The first-order valence-corrected chi connectivity index (χ1v) is 3.37. The largest absolute Gasteiger partial charge is 0.315 e. The second-order valence-corrected chi connectivity index (χ2v) is 2.88. The standard InChI is InChI=1S/C6H12N2/c1-3-7-5-6(1)2-4-8-6/h7-8H,1-5H2. The van der Waals surface area contributed by atoms with E-state index < -0.39 is 0 Å². The Morgan fingerprint density at radius 1 is 1.12 bits per heavy atom. The molecule has 2 rings (SSSR count). The lowest BCUT2D eigenvalue weighted by molar-refractivity contribution is 0.233. The maximum atomic E-state index is 3.46. The minimum absolute atomic E-state index is 0.556. The molecule has 1 spiro atoms. The Kier molecular flexibility index (Phi) is 0.866. The van der Waals surface area contributed by atoms with Crippen molar-refractivity contribution < 1.29 is 0 Å². The third kappa shape index (κ3) is 0.501. The van der Waals surface area contributed by atoms with Gasteiger partial charge in [-0.1, -0.05) is 0 Å². The summed E-state index contributed by atoms with van der Waals surface area (Å²) >= 11 is 0. The van der Waals surface area contributed by atoms with Crippen LogP contribution in [-0.2, 0) is 0 Å². The highest BCUT2D eigenvalue weighted by atomic mass is 15.1. The monoisotopic (exact) mass is 112 g/mol. The van der Waals surface area contributed by atoms with E-state index in [4.69, 9.17) is 0 Å². The van der Waals surface area contributed by atoms with E-state index in [9.17, 15) is 0 Å². The van der Waals surface area contributed by atoms with Gasteiger partial charge in [0.1, 0.15) is 0 Å². The Morgan fingerprint density at radius 3 is 2.25 bits per heavy atom. The number of nitrogens with one attached hydrogen (secondary N) is 2. The molecule has 0 saturated carbocycles. The predicted molar refractivity (Wildman–Crippen MR) is 32.8 cm³/mol. The van der Waals surface area contributed by atoms with Crippen molar-refractivity contribution in [1.82, 2.24) is 10.6 Å². The number of hydrogen-bond donors (Lipinski definition) is 2. The van der Waals surface area contributed by atoms with E-state index in [1.807, 2.05) is 0 Å². The fraction of sp³-hybridized carbons (Fsp3) is 1.00. The van der Waals surface area contributed by atoms with Gasteiger partial charge in [-0.25, -0.2) is 0 Å². The molecular formula is C6H12N2. The average molecular weight is 112 g/mol. The van der Waals surface area contributed by atoms with E-state index in [1.54, 1.807) is 0 Å². The second kappa shape index (κ2) is 1.45. The minimum atomic E-state index is 0.556. The van der Waals surface area contributed by atoms with E-state index in [2.05, 4.69) is 10.6 Å². The third-order valence-electron chi connectivity index (χ3n) is 2.35. The van der Waals surface area contributed by atoms with Crippen LogP contribution in [-0.4, -0.2) is 25.2 Å². The summed E-state index contributed by atoms with van der Waals surface area (Å²) in [6.07, 6.45) is 2.73. The number of hydrogen-bond acceptors (Lipinski definition) is 2. The summed E-state index contributed by atoms with van der Waals surface area (Å²) in [5.74, 6) is 0. The van der Waals surface area contributed by atoms with Gasteiger partial charge < -0.3 is 10.6 Å². The molecule has 2 heterocycles. The molecule has 2 heteroatoms. The second-order valence-electron chi connectivity index (χ2n) is 2.88. The van der Waals surface area contributed by atoms with E-state index in [-0.39, 0.29) is 0 Å². The maximum Gasteiger partial charge on any atom is 0.0330 e. The van der Waals surface area contributed by atoms with Crippen LogP contribution in [0, 0.1) is 0 Å². The summed E-state index contributed by atoms with van der Waals surface area (Å²) < 4.78 is 0. The summed E-state index contributed by atoms with van der Waals surface area (Å²) in [6.45, 7) is 3.65. The molecule has 0 aromatic heterocycles. The molecular weight excluding hydrogens is 100 g/mol. The molecule has 0 aromatic rings. The molecule has 0 aliphatic carbocycles. The maximum absolute atomic E-state index is 3.46. The Morgan fingerprint density at radius 2 is 2.00 bits per heavy atom. The molecule has 0 aromatic carbocycles. The van der Waals surface area contributed by atoms with E-state index in [1.165, 1.54) is 32.5 Å². The lowest BCUT2D eigenvalue weighted by Gasteiger charge is -2.39. The van der Waals surface area contributed by atoms with Gasteiger partial charge in [0.05, 0.1) is 0 Å². The SMILES string of the molecule is C1CC2(CCN2)CN1. The van der Waals surface area contributed by atoms with Crippen molar-refractivity contribution in [1.29, 1.82) is 0 Å². The van der Waals surface area contributed by atoms with Gasteiger partial charge in [0.25, 0.3) is 0 Å². The van der Waals surface area contributed by atoms with Crippen LogP contribution in [0.2, 0.25) is 0 Å². The van der Waals surface area contributed by atoms with Crippen LogP contribution < -0.4 is 10.6 Å². The molecule has 2 aliphatic heterocycles. The molecule has 8 heavy (non-hydrogen) atoms. The zero-order valence-electron chi connectivity index (χ0n) is 5.04.